The molecule has 1 heterocycles. The molecule has 21 heavy (non-hydrogen) atoms. The maximum atomic E-state index is 8.85. The monoisotopic (exact) mass is 296 g/mol. The summed E-state index contributed by atoms with van der Waals surface area (Å²) in [6.07, 6.45) is 0. The Morgan fingerprint density at radius 2 is 2.00 bits per heavy atom. The Labute approximate surface area is 127 Å². The largest absolute Gasteiger partial charge is 0.459 e. The van der Waals surface area contributed by atoms with Gasteiger partial charge in [0.05, 0.1) is 28.4 Å². The lowest BCUT2D eigenvalue weighted by atomic mass is 10.2. The highest BCUT2D eigenvalue weighted by Crippen LogP contribution is 2.29. The van der Waals surface area contributed by atoms with Crippen LogP contribution in [0.5, 0.6) is 0 Å². The highest BCUT2D eigenvalue weighted by atomic mass is 35.5. The molecule has 1 unspecified atom stereocenters. The van der Waals surface area contributed by atoms with Crippen LogP contribution < -0.4 is 5.32 Å². The zero-order valence-electron chi connectivity index (χ0n) is 11.4. The van der Waals surface area contributed by atoms with Crippen molar-refractivity contribution in [1.82, 2.24) is 0 Å². The number of fused-ring (bicyclic) bond motifs is 1. The van der Waals surface area contributed by atoms with Crippen molar-refractivity contribution in [1.29, 1.82) is 5.26 Å². The van der Waals surface area contributed by atoms with Crippen LogP contribution >= 0.6 is 11.6 Å². The van der Waals surface area contributed by atoms with Crippen LogP contribution in [0.25, 0.3) is 11.0 Å². The Kier molecular flexibility index (Phi) is 3.55. The topological polar surface area (TPSA) is 49.0 Å². The lowest BCUT2D eigenvalue weighted by Crippen LogP contribution is -2.05. The molecule has 0 aliphatic carbocycles. The Morgan fingerprint density at radius 1 is 1.19 bits per heavy atom. The number of hydrogen-bond donors (Lipinski definition) is 1. The zero-order valence-corrected chi connectivity index (χ0v) is 12.2. The molecule has 1 N–H and O–H groups in total. The van der Waals surface area contributed by atoms with Gasteiger partial charge in [-0.15, -0.1) is 0 Å². The van der Waals surface area contributed by atoms with Crippen LogP contribution in [0.4, 0.5) is 5.69 Å². The van der Waals surface area contributed by atoms with Gasteiger partial charge in [-0.1, -0.05) is 29.8 Å². The van der Waals surface area contributed by atoms with Crippen LogP contribution in [0.15, 0.2) is 52.9 Å². The summed E-state index contributed by atoms with van der Waals surface area (Å²) in [6.45, 7) is 2.01. The molecule has 4 heteroatoms. The lowest BCUT2D eigenvalue weighted by molar-refractivity contribution is 0.526. The third-order valence-electron chi connectivity index (χ3n) is 3.34. The third kappa shape index (κ3) is 2.72. The first-order valence-corrected chi connectivity index (χ1v) is 7.00. The molecule has 2 aromatic carbocycles. The molecular weight excluding hydrogens is 284 g/mol. The Bertz CT molecular complexity index is 799. The van der Waals surface area contributed by atoms with Crippen molar-refractivity contribution in [2.75, 3.05) is 5.32 Å². The van der Waals surface area contributed by atoms with Crippen LogP contribution in [0.1, 0.15) is 24.3 Å². The van der Waals surface area contributed by atoms with E-state index in [1.165, 1.54) is 0 Å². The first kappa shape index (κ1) is 13.5. The van der Waals surface area contributed by atoms with E-state index in [2.05, 4.69) is 11.4 Å². The van der Waals surface area contributed by atoms with Gasteiger partial charge in [0.1, 0.15) is 11.3 Å². The summed E-state index contributed by atoms with van der Waals surface area (Å²) in [7, 11) is 0. The van der Waals surface area contributed by atoms with E-state index in [0.717, 1.165) is 22.4 Å². The minimum atomic E-state index is -0.0252. The van der Waals surface area contributed by atoms with Gasteiger partial charge in [0.15, 0.2) is 0 Å². The highest BCUT2D eigenvalue weighted by molar-refractivity contribution is 6.33. The van der Waals surface area contributed by atoms with E-state index < -0.39 is 0 Å². The predicted octanol–water partition coefficient (Wildman–Crippen LogP) is 5.13. The van der Waals surface area contributed by atoms with Gasteiger partial charge in [-0.05, 0) is 37.3 Å². The summed E-state index contributed by atoms with van der Waals surface area (Å²) in [5.74, 6) is 0.844. The number of nitrogens with zero attached hydrogens (tertiary/aromatic N) is 1. The van der Waals surface area contributed by atoms with Crippen molar-refractivity contribution in [2.24, 2.45) is 0 Å². The van der Waals surface area contributed by atoms with E-state index in [4.69, 9.17) is 21.3 Å². The Hall–Kier alpha value is -2.44. The van der Waals surface area contributed by atoms with Crippen molar-refractivity contribution >= 4 is 28.3 Å². The molecule has 0 saturated heterocycles. The van der Waals surface area contributed by atoms with Crippen LogP contribution in [-0.2, 0) is 0 Å². The molecule has 0 aliphatic heterocycles. The summed E-state index contributed by atoms with van der Waals surface area (Å²) in [6, 6.07) is 17.1. The molecule has 3 nitrogen and oxygen atoms in total. The standard InChI is InChI=1S/C17H13ClN2O/c1-11(17-9-13-4-2-3-5-16(13)21-17)20-15-7-6-12(10-19)8-14(15)18/h2-9,11,20H,1H3. The van der Waals surface area contributed by atoms with Crippen LogP contribution in [0.3, 0.4) is 0 Å². The summed E-state index contributed by atoms with van der Waals surface area (Å²) >= 11 is 6.17. The quantitative estimate of drug-likeness (QED) is 0.729. The fraction of sp³-hybridized carbons (Fsp3) is 0.118. The second kappa shape index (κ2) is 5.51. The van der Waals surface area contributed by atoms with E-state index in [9.17, 15) is 0 Å². The molecule has 0 amide bonds. The number of anilines is 1. The number of nitriles is 1. The van der Waals surface area contributed by atoms with E-state index in [-0.39, 0.29) is 6.04 Å². The molecule has 0 saturated carbocycles. The van der Waals surface area contributed by atoms with Crippen LogP contribution in [0.2, 0.25) is 5.02 Å². The fourth-order valence-corrected chi connectivity index (χ4v) is 2.46. The number of para-hydroxylation sites is 1. The summed E-state index contributed by atoms with van der Waals surface area (Å²) < 4.78 is 5.83. The number of hydrogen-bond acceptors (Lipinski definition) is 3. The normalized spacial score (nSPS) is 12.0. The fourth-order valence-electron chi connectivity index (χ4n) is 2.22. The van der Waals surface area contributed by atoms with Crippen molar-refractivity contribution in [3.05, 3.63) is 64.9 Å². The van der Waals surface area contributed by atoms with Gasteiger partial charge in [0, 0.05) is 5.39 Å². The smallest absolute Gasteiger partial charge is 0.134 e. The van der Waals surface area contributed by atoms with Gasteiger partial charge in [0.25, 0.3) is 0 Å². The van der Waals surface area contributed by atoms with E-state index in [1.807, 2.05) is 37.3 Å². The highest BCUT2D eigenvalue weighted by Gasteiger charge is 2.12. The molecule has 1 atom stereocenters. The van der Waals surface area contributed by atoms with Gasteiger partial charge in [-0.2, -0.15) is 5.26 Å². The predicted molar refractivity (Wildman–Crippen MR) is 84.4 cm³/mol. The van der Waals surface area contributed by atoms with Crippen LogP contribution in [0, 0.1) is 11.3 Å². The number of nitrogens with one attached hydrogen (secondary N) is 1. The molecule has 0 fully saturated rings. The minimum Gasteiger partial charge on any atom is -0.459 e. The molecule has 3 aromatic rings. The Morgan fingerprint density at radius 3 is 2.71 bits per heavy atom. The molecule has 0 aliphatic rings. The molecule has 0 spiro atoms. The summed E-state index contributed by atoms with van der Waals surface area (Å²) in [4.78, 5) is 0. The average Bonchev–Trinajstić information content (AvgIpc) is 2.93. The first-order valence-electron chi connectivity index (χ1n) is 6.62. The maximum Gasteiger partial charge on any atom is 0.134 e. The van der Waals surface area contributed by atoms with E-state index in [1.54, 1.807) is 18.2 Å². The number of furan rings is 1. The van der Waals surface area contributed by atoms with Crippen molar-refractivity contribution < 1.29 is 4.42 Å². The molecule has 1 aromatic heterocycles. The van der Waals surface area contributed by atoms with Gasteiger partial charge < -0.3 is 9.73 Å². The molecule has 0 radical (unpaired) electrons. The minimum absolute atomic E-state index is 0.0252. The van der Waals surface area contributed by atoms with Crippen LogP contribution in [-0.4, -0.2) is 0 Å². The van der Waals surface area contributed by atoms with Gasteiger partial charge >= 0.3 is 0 Å². The number of rotatable bonds is 3. The average molecular weight is 297 g/mol. The van der Waals surface area contributed by atoms with Crippen molar-refractivity contribution in [2.45, 2.75) is 13.0 Å². The van der Waals surface area contributed by atoms with Gasteiger partial charge in [0.2, 0.25) is 0 Å². The SMILES string of the molecule is CC(Nc1ccc(C#N)cc1Cl)c1cc2ccccc2o1. The van der Waals surface area contributed by atoms with E-state index in [0.29, 0.717) is 10.6 Å². The first-order chi connectivity index (χ1) is 10.2. The lowest BCUT2D eigenvalue weighted by Gasteiger charge is -2.14. The molecule has 0 bridgehead atoms. The molecule has 3 rings (SSSR count). The second-order valence-electron chi connectivity index (χ2n) is 4.86. The van der Waals surface area contributed by atoms with Gasteiger partial charge in [-0.3, -0.25) is 0 Å². The third-order valence-corrected chi connectivity index (χ3v) is 3.65. The van der Waals surface area contributed by atoms with Crippen molar-refractivity contribution in [3.63, 3.8) is 0 Å². The second-order valence-corrected chi connectivity index (χ2v) is 5.27. The molecule has 104 valence electrons. The van der Waals surface area contributed by atoms with Crippen molar-refractivity contribution in [3.8, 4) is 6.07 Å². The zero-order chi connectivity index (χ0) is 14.8. The van der Waals surface area contributed by atoms with E-state index >= 15 is 0 Å². The number of benzene rings is 2. The molecular formula is C17H13ClN2O. The number of halogens is 1. The van der Waals surface area contributed by atoms with Gasteiger partial charge in [-0.25, -0.2) is 0 Å². The Balaban J connectivity index is 1.86. The maximum absolute atomic E-state index is 8.85. The summed E-state index contributed by atoms with van der Waals surface area (Å²) in [5, 5.41) is 13.8. The summed E-state index contributed by atoms with van der Waals surface area (Å²) in [5.41, 5.74) is 2.19.